The van der Waals surface area contributed by atoms with Gasteiger partial charge in [0.15, 0.2) is 0 Å². The van der Waals surface area contributed by atoms with Gasteiger partial charge in [-0.15, -0.1) is 0 Å². The number of ether oxygens (including phenoxy) is 1. The van der Waals surface area contributed by atoms with Crippen LogP contribution in [0.15, 0.2) is 18.2 Å². The van der Waals surface area contributed by atoms with Crippen molar-refractivity contribution in [2.24, 2.45) is 0 Å². The standard InChI is InChI=1S/C12H20N2OS/c1-4-15-12-7-10(5-6-11(12)13)14-8-9(2)16-3/h5-7,9,14H,4,8,13H2,1-3H3. The summed E-state index contributed by atoms with van der Waals surface area (Å²) in [6.45, 7) is 5.72. The van der Waals surface area contributed by atoms with Crippen LogP contribution >= 0.6 is 11.8 Å². The summed E-state index contributed by atoms with van der Waals surface area (Å²) >= 11 is 1.84. The number of thioether (sulfide) groups is 1. The number of anilines is 2. The molecule has 0 aliphatic rings. The highest BCUT2D eigenvalue weighted by Crippen LogP contribution is 2.25. The summed E-state index contributed by atoms with van der Waals surface area (Å²) in [5.41, 5.74) is 7.54. The van der Waals surface area contributed by atoms with Gasteiger partial charge < -0.3 is 15.8 Å². The molecular weight excluding hydrogens is 220 g/mol. The molecule has 0 aromatic heterocycles. The molecule has 0 saturated carbocycles. The van der Waals surface area contributed by atoms with Crippen molar-refractivity contribution in [3.05, 3.63) is 18.2 Å². The summed E-state index contributed by atoms with van der Waals surface area (Å²) in [4.78, 5) is 0. The largest absolute Gasteiger partial charge is 0.492 e. The van der Waals surface area contributed by atoms with Crippen LogP contribution in [0.2, 0.25) is 0 Å². The predicted octanol–water partition coefficient (Wildman–Crippen LogP) is 2.83. The fraction of sp³-hybridized carbons (Fsp3) is 0.500. The molecule has 3 nitrogen and oxygen atoms in total. The molecule has 0 bridgehead atoms. The van der Waals surface area contributed by atoms with E-state index in [2.05, 4.69) is 18.5 Å². The third kappa shape index (κ3) is 3.85. The summed E-state index contributed by atoms with van der Waals surface area (Å²) < 4.78 is 5.44. The van der Waals surface area contributed by atoms with Crippen molar-refractivity contribution >= 4 is 23.1 Å². The monoisotopic (exact) mass is 240 g/mol. The van der Waals surface area contributed by atoms with Gasteiger partial charge in [-0.25, -0.2) is 0 Å². The average molecular weight is 240 g/mol. The highest BCUT2D eigenvalue weighted by molar-refractivity contribution is 7.99. The minimum absolute atomic E-state index is 0.591. The molecule has 1 rings (SSSR count). The predicted molar refractivity (Wildman–Crippen MR) is 73.5 cm³/mol. The lowest BCUT2D eigenvalue weighted by atomic mass is 10.2. The van der Waals surface area contributed by atoms with E-state index in [4.69, 9.17) is 10.5 Å². The Morgan fingerprint density at radius 3 is 2.88 bits per heavy atom. The van der Waals surface area contributed by atoms with Crippen molar-refractivity contribution in [2.75, 3.05) is 30.5 Å². The maximum atomic E-state index is 5.80. The molecule has 1 aromatic rings. The van der Waals surface area contributed by atoms with Gasteiger partial charge in [0.1, 0.15) is 5.75 Å². The Balaban J connectivity index is 2.63. The Hall–Kier alpha value is -1.03. The van der Waals surface area contributed by atoms with Crippen molar-refractivity contribution in [1.82, 2.24) is 0 Å². The first-order valence-corrected chi connectivity index (χ1v) is 6.75. The molecule has 0 aliphatic carbocycles. The molecule has 0 aliphatic heterocycles. The molecule has 90 valence electrons. The zero-order valence-electron chi connectivity index (χ0n) is 10.1. The molecule has 0 spiro atoms. The lowest BCUT2D eigenvalue weighted by Gasteiger charge is -2.13. The summed E-state index contributed by atoms with van der Waals surface area (Å²) in [6.07, 6.45) is 2.11. The van der Waals surface area contributed by atoms with E-state index in [0.717, 1.165) is 18.0 Å². The van der Waals surface area contributed by atoms with Crippen molar-refractivity contribution in [2.45, 2.75) is 19.1 Å². The summed E-state index contributed by atoms with van der Waals surface area (Å²) in [5.74, 6) is 0.754. The second-order valence-corrected chi connectivity index (χ2v) is 4.89. The van der Waals surface area contributed by atoms with Crippen LogP contribution in [0.25, 0.3) is 0 Å². The Bertz CT molecular complexity index is 331. The number of hydrogen-bond donors (Lipinski definition) is 2. The molecular formula is C12H20N2OS. The van der Waals surface area contributed by atoms with Gasteiger partial charge in [-0.2, -0.15) is 11.8 Å². The van der Waals surface area contributed by atoms with E-state index >= 15 is 0 Å². The summed E-state index contributed by atoms with van der Waals surface area (Å²) in [7, 11) is 0. The Kier molecular flexibility index (Phi) is 5.32. The van der Waals surface area contributed by atoms with E-state index in [9.17, 15) is 0 Å². The first-order valence-electron chi connectivity index (χ1n) is 5.46. The number of benzene rings is 1. The highest BCUT2D eigenvalue weighted by Gasteiger charge is 2.03. The molecule has 4 heteroatoms. The normalized spacial score (nSPS) is 12.2. The van der Waals surface area contributed by atoms with E-state index < -0.39 is 0 Å². The van der Waals surface area contributed by atoms with Crippen molar-refractivity contribution < 1.29 is 4.74 Å². The number of nitrogen functional groups attached to an aromatic ring is 1. The molecule has 1 atom stereocenters. The van der Waals surface area contributed by atoms with Crippen molar-refractivity contribution in [3.8, 4) is 5.75 Å². The topological polar surface area (TPSA) is 47.3 Å². The fourth-order valence-corrected chi connectivity index (χ4v) is 1.52. The van der Waals surface area contributed by atoms with Crippen LogP contribution in [0.1, 0.15) is 13.8 Å². The Morgan fingerprint density at radius 1 is 1.50 bits per heavy atom. The molecule has 1 unspecified atom stereocenters. The first kappa shape index (κ1) is 13.0. The SMILES string of the molecule is CCOc1cc(NCC(C)SC)ccc1N. The van der Waals surface area contributed by atoms with Gasteiger partial charge in [-0.3, -0.25) is 0 Å². The van der Waals surface area contributed by atoms with E-state index in [1.165, 1.54) is 0 Å². The van der Waals surface area contributed by atoms with Gasteiger partial charge in [-0.05, 0) is 25.3 Å². The summed E-state index contributed by atoms with van der Waals surface area (Å²) in [6, 6.07) is 5.80. The van der Waals surface area contributed by atoms with Gasteiger partial charge in [-0.1, -0.05) is 6.92 Å². The van der Waals surface area contributed by atoms with Gasteiger partial charge in [0.2, 0.25) is 0 Å². The Morgan fingerprint density at radius 2 is 2.25 bits per heavy atom. The number of nitrogens with two attached hydrogens (primary N) is 1. The molecule has 0 radical (unpaired) electrons. The third-order valence-corrected chi connectivity index (χ3v) is 3.28. The minimum atomic E-state index is 0.591. The molecule has 16 heavy (non-hydrogen) atoms. The zero-order valence-corrected chi connectivity index (χ0v) is 10.9. The van der Waals surface area contributed by atoms with Crippen LogP contribution < -0.4 is 15.8 Å². The average Bonchev–Trinajstić information content (AvgIpc) is 2.30. The van der Waals surface area contributed by atoms with Crippen molar-refractivity contribution in [1.29, 1.82) is 0 Å². The van der Waals surface area contributed by atoms with E-state index in [0.29, 0.717) is 17.5 Å². The second-order valence-electron chi connectivity index (χ2n) is 3.61. The maximum Gasteiger partial charge on any atom is 0.144 e. The molecule has 0 fully saturated rings. The van der Waals surface area contributed by atoms with Gasteiger partial charge in [0.05, 0.1) is 12.3 Å². The zero-order chi connectivity index (χ0) is 12.0. The van der Waals surface area contributed by atoms with Crippen LogP contribution in [-0.4, -0.2) is 24.7 Å². The van der Waals surface area contributed by atoms with Crippen LogP contribution in [0.4, 0.5) is 11.4 Å². The van der Waals surface area contributed by atoms with E-state index in [1.54, 1.807) is 0 Å². The fourth-order valence-electron chi connectivity index (χ4n) is 1.27. The van der Waals surface area contributed by atoms with Gasteiger partial charge >= 0.3 is 0 Å². The Labute approximate surface area is 102 Å². The molecule has 0 saturated heterocycles. The molecule has 0 heterocycles. The number of rotatable bonds is 6. The molecule has 0 amide bonds. The number of nitrogens with one attached hydrogen (secondary N) is 1. The van der Waals surface area contributed by atoms with Crippen LogP contribution in [-0.2, 0) is 0 Å². The van der Waals surface area contributed by atoms with Gasteiger partial charge in [0, 0.05) is 23.5 Å². The smallest absolute Gasteiger partial charge is 0.144 e. The van der Waals surface area contributed by atoms with Crippen LogP contribution in [0.5, 0.6) is 5.75 Å². The molecule has 3 N–H and O–H groups in total. The third-order valence-electron chi connectivity index (χ3n) is 2.31. The highest BCUT2D eigenvalue weighted by atomic mass is 32.2. The van der Waals surface area contributed by atoms with Gasteiger partial charge in [0.25, 0.3) is 0 Å². The van der Waals surface area contributed by atoms with Crippen molar-refractivity contribution in [3.63, 3.8) is 0 Å². The van der Waals surface area contributed by atoms with Crippen LogP contribution in [0, 0.1) is 0 Å². The van der Waals surface area contributed by atoms with E-state index in [1.807, 2.05) is 36.9 Å². The minimum Gasteiger partial charge on any atom is -0.492 e. The first-order chi connectivity index (χ1) is 7.67. The van der Waals surface area contributed by atoms with Crippen LogP contribution in [0.3, 0.4) is 0 Å². The quantitative estimate of drug-likeness (QED) is 0.751. The lowest BCUT2D eigenvalue weighted by Crippen LogP contribution is -2.12. The summed E-state index contributed by atoms with van der Waals surface area (Å²) in [5, 5.41) is 3.96. The van der Waals surface area contributed by atoms with E-state index in [-0.39, 0.29) is 0 Å². The second kappa shape index (κ2) is 6.53. The molecule has 1 aromatic carbocycles. The number of hydrogen-bond acceptors (Lipinski definition) is 4. The lowest BCUT2D eigenvalue weighted by molar-refractivity contribution is 0.342. The maximum absolute atomic E-state index is 5.80.